The molecule has 4 nitrogen and oxygen atoms in total. The molecule has 0 radical (unpaired) electrons. The van der Waals surface area contributed by atoms with Crippen molar-refractivity contribution in [2.24, 2.45) is 0 Å². The zero-order valence-electron chi connectivity index (χ0n) is 13.7. The monoisotopic (exact) mass is 346 g/mol. The molecule has 1 heterocycles. The lowest BCUT2D eigenvalue weighted by Crippen LogP contribution is -2.06. The Morgan fingerprint density at radius 2 is 1.60 bits per heavy atom. The van der Waals surface area contributed by atoms with E-state index in [1.807, 2.05) is 22.8 Å². The molecule has 4 aromatic rings. The van der Waals surface area contributed by atoms with Crippen molar-refractivity contribution in [2.75, 3.05) is 5.73 Å². The van der Waals surface area contributed by atoms with Gasteiger partial charge in [0.25, 0.3) is 0 Å². The highest BCUT2D eigenvalue weighted by molar-refractivity contribution is 7.98. The third-order valence-corrected chi connectivity index (χ3v) is 5.20. The van der Waals surface area contributed by atoms with Gasteiger partial charge in [-0.15, -0.1) is 10.2 Å². The number of rotatable bonds is 5. The lowest BCUT2D eigenvalue weighted by Gasteiger charge is -2.10. The first-order chi connectivity index (χ1) is 12.3. The van der Waals surface area contributed by atoms with Crippen molar-refractivity contribution in [3.63, 3.8) is 0 Å². The summed E-state index contributed by atoms with van der Waals surface area (Å²) >= 11 is 1.65. The van der Waals surface area contributed by atoms with Crippen LogP contribution >= 0.6 is 11.8 Å². The van der Waals surface area contributed by atoms with Crippen LogP contribution in [0.2, 0.25) is 0 Å². The number of aromatic nitrogens is 3. The summed E-state index contributed by atoms with van der Waals surface area (Å²) < 4.78 is 1.98. The Morgan fingerprint density at radius 1 is 0.840 bits per heavy atom. The number of hydrogen-bond donors (Lipinski definition) is 1. The number of hydrogen-bond acceptors (Lipinski definition) is 4. The molecule has 0 spiro atoms. The molecule has 124 valence electrons. The van der Waals surface area contributed by atoms with Gasteiger partial charge in [0.15, 0.2) is 5.16 Å². The first-order valence-corrected chi connectivity index (χ1v) is 9.12. The van der Waals surface area contributed by atoms with Crippen LogP contribution in [0.5, 0.6) is 0 Å². The van der Waals surface area contributed by atoms with Crippen LogP contribution in [0.1, 0.15) is 11.1 Å². The smallest absolute Gasteiger partial charge is 0.223 e. The van der Waals surface area contributed by atoms with Crippen LogP contribution in [0.25, 0.3) is 10.8 Å². The minimum Gasteiger partial charge on any atom is -0.368 e. The van der Waals surface area contributed by atoms with Gasteiger partial charge in [-0.3, -0.25) is 4.57 Å². The molecular weight excluding hydrogens is 328 g/mol. The van der Waals surface area contributed by atoms with E-state index in [4.69, 9.17) is 5.73 Å². The number of thioether (sulfide) groups is 1. The number of anilines is 1. The largest absolute Gasteiger partial charge is 0.368 e. The molecule has 0 aliphatic heterocycles. The van der Waals surface area contributed by atoms with Gasteiger partial charge < -0.3 is 5.73 Å². The first-order valence-electron chi connectivity index (χ1n) is 8.13. The summed E-state index contributed by atoms with van der Waals surface area (Å²) in [5.74, 6) is 1.29. The third kappa shape index (κ3) is 3.37. The van der Waals surface area contributed by atoms with Crippen LogP contribution in [0.15, 0.2) is 78.0 Å². The second-order valence-electron chi connectivity index (χ2n) is 5.84. The van der Waals surface area contributed by atoms with E-state index in [0.717, 1.165) is 10.9 Å². The fourth-order valence-corrected chi connectivity index (χ4v) is 3.78. The summed E-state index contributed by atoms with van der Waals surface area (Å²) in [4.78, 5) is 0. The molecule has 0 aliphatic carbocycles. The molecule has 3 aromatic carbocycles. The summed E-state index contributed by atoms with van der Waals surface area (Å²) in [6.07, 6.45) is 0. The highest BCUT2D eigenvalue weighted by Crippen LogP contribution is 2.26. The van der Waals surface area contributed by atoms with Crippen molar-refractivity contribution in [3.8, 4) is 0 Å². The topological polar surface area (TPSA) is 56.7 Å². The molecule has 0 amide bonds. The van der Waals surface area contributed by atoms with E-state index in [1.54, 1.807) is 11.8 Å². The number of nitrogens with two attached hydrogens (primary N) is 1. The van der Waals surface area contributed by atoms with Crippen LogP contribution in [0.4, 0.5) is 5.95 Å². The zero-order valence-corrected chi connectivity index (χ0v) is 14.5. The van der Waals surface area contributed by atoms with Crippen molar-refractivity contribution in [2.45, 2.75) is 17.5 Å². The van der Waals surface area contributed by atoms with Gasteiger partial charge in [0.05, 0.1) is 6.54 Å². The number of nitrogens with zero attached hydrogens (tertiary/aromatic N) is 3. The lowest BCUT2D eigenvalue weighted by molar-refractivity contribution is 0.720. The van der Waals surface area contributed by atoms with E-state index in [1.165, 1.54) is 21.9 Å². The highest BCUT2D eigenvalue weighted by atomic mass is 32.2. The average molecular weight is 346 g/mol. The molecule has 0 saturated heterocycles. The zero-order chi connectivity index (χ0) is 17.1. The molecular formula is C20H18N4S. The Labute approximate surface area is 150 Å². The van der Waals surface area contributed by atoms with Gasteiger partial charge in [-0.2, -0.15) is 0 Å². The Kier molecular flexibility index (Phi) is 4.39. The van der Waals surface area contributed by atoms with Crippen molar-refractivity contribution < 1.29 is 0 Å². The van der Waals surface area contributed by atoms with Gasteiger partial charge in [-0.05, 0) is 21.9 Å². The number of fused-ring (bicyclic) bond motifs is 1. The highest BCUT2D eigenvalue weighted by Gasteiger charge is 2.12. The summed E-state index contributed by atoms with van der Waals surface area (Å²) in [7, 11) is 0. The Bertz CT molecular complexity index is 990. The van der Waals surface area contributed by atoms with Crippen molar-refractivity contribution in [1.82, 2.24) is 14.8 Å². The fourth-order valence-electron chi connectivity index (χ4n) is 2.88. The maximum absolute atomic E-state index is 6.08. The normalized spacial score (nSPS) is 11.0. The van der Waals surface area contributed by atoms with Gasteiger partial charge in [0.2, 0.25) is 5.95 Å². The van der Waals surface area contributed by atoms with Crippen molar-refractivity contribution in [3.05, 3.63) is 83.9 Å². The average Bonchev–Trinajstić information content (AvgIpc) is 3.01. The first kappa shape index (κ1) is 15.7. The molecule has 0 fully saturated rings. The second kappa shape index (κ2) is 6.99. The van der Waals surface area contributed by atoms with Gasteiger partial charge >= 0.3 is 0 Å². The minimum absolute atomic E-state index is 0.448. The van der Waals surface area contributed by atoms with Crippen LogP contribution in [-0.2, 0) is 12.3 Å². The van der Waals surface area contributed by atoms with Crippen molar-refractivity contribution in [1.29, 1.82) is 0 Å². The predicted octanol–water partition coefficient (Wildman–Crippen LogP) is 4.35. The van der Waals surface area contributed by atoms with E-state index in [0.29, 0.717) is 12.5 Å². The molecule has 0 aliphatic rings. The number of benzene rings is 3. The molecule has 0 atom stereocenters. The van der Waals surface area contributed by atoms with Crippen LogP contribution < -0.4 is 5.73 Å². The molecule has 4 rings (SSSR count). The maximum atomic E-state index is 6.08. The molecule has 0 bridgehead atoms. The lowest BCUT2D eigenvalue weighted by atomic mass is 10.0. The number of nitrogen functional groups attached to an aromatic ring is 1. The molecule has 0 saturated carbocycles. The van der Waals surface area contributed by atoms with E-state index in [-0.39, 0.29) is 0 Å². The van der Waals surface area contributed by atoms with Gasteiger partial charge in [0, 0.05) is 5.75 Å². The Hall–Kier alpha value is -2.79. The molecule has 25 heavy (non-hydrogen) atoms. The van der Waals surface area contributed by atoms with Gasteiger partial charge in [-0.25, -0.2) is 0 Å². The maximum Gasteiger partial charge on any atom is 0.223 e. The summed E-state index contributed by atoms with van der Waals surface area (Å²) in [6.45, 7) is 0.664. The third-order valence-electron chi connectivity index (χ3n) is 4.16. The fraction of sp³-hybridized carbons (Fsp3) is 0.100. The van der Waals surface area contributed by atoms with E-state index >= 15 is 0 Å². The van der Waals surface area contributed by atoms with Crippen LogP contribution in [0.3, 0.4) is 0 Å². The molecule has 2 N–H and O–H groups in total. The Balaban J connectivity index is 1.61. The SMILES string of the molecule is Nc1nnc(SCc2ccccc2)n1Cc1cccc2ccccc12. The standard InChI is InChI=1S/C20H18N4S/c21-19-22-23-20(25-14-15-7-2-1-3-8-15)24(19)13-17-11-6-10-16-9-4-5-12-18(16)17/h1-12H,13-14H2,(H2,21,22). The summed E-state index contributed by atoms with van der Waals surface area (Å²) in [5.41, 5.74) is 8.55. The summed E-state index contributed by atoms with van der Waals surface area (Å²) in [6, 6.07) is 25.1. The molecule has 1 aromatic heterocycles. The van der Waals surface area contributed by atoms with Gasteiger partial charge in [-0.1, -0.05) is 84.6 Å². The summed E-state index contributed by atoms with van der Waals surface area (Å²) in [5, 5.41) is 11.6. The Morgan fingerprint density at radius 3 is 2.48 bits per heavy atom. The molecule has 5 heteroatoms. The minimum atomic E-state index is 0.448. The van der Waals surface area contributed by atoms with E-state index in [9.17, 15) is 0 Å². The van der Waals surface area contributed by atoms with Crippen molar-refractivity contribution >= 4 is 28.5 Å². The van der Waals surface area contributed by atoms with E-state index < -0.39 is 0 Å². The van der Waals surface area contributed by atoms with E-state index in [2.05, 4.69) is 64.8 Å². The quantitative estimate of drug-likeness (QED) is 0.546. The predicted molar refractivity (Wildman–Crippen MR) is 103 cm³/mol. The second-order valence-corrected chi connectivity index (χ2v) is 6.78. The van der Waals surface area contributed by atoms with Crippen LogP contribution in [-0.4, -0.2) is 14.8 Å². The molecule has 0 unspecified atom stereocenters. The van der Waals surface area contributed by atoms with Crippen LogP contribution in [0, 0.1) is 0 Å². The van der Waals surface area contributed by atoms with Gasteiger partial charge in [0.1, 0.15) is 0 Å².